The Balaban J connectivity index is 1.40. The summed E-state index contributed by atoms with van der Waals surface area (Å²) in [7, 11) is 0. The average molecular weight is 412 g/mol. The van der Waals surface area contributed by atoms with E-state index >= 15 is 0 Å². The second-order valence-electron chi connectivity index (χ2n) is 8.18. The Kier molecular flexibility index (Phi) is 4.19. The van der Waals surface area contributed by atoms with Crippen molar-refractivity contribution in [1.29, 1.82) is 0 Å². The zero-order chi connectivity index (χ0) is 20.8. The molecule has 1 fully saturated rings. The molecule has 1 aromatic carbocycles. The maximum Gasteiger partial charge on any atom is 0.161 e. The number of aromatic amines is 1. The summed E-state index contributed by atoms with van der Waals surface area (Å²) in [5.41, 5.74) is 12.5. The average Bonchev–Trinajstić information content (AvgIpc) is 3.49. The molecule has 1 saturated heterocycles. The largest absolute Gasteiger partial charge is 0.378 e. The van der Waals surface area contributed by atoms with E-state index in [9.17, 15) is 0 Å². The molecule has 4 heterocycles. The van der Waals surface area contributed by atoms with E-state index < -0.39 is 5.54 Å². The van der Waals surface area contributed by atoms with Gasteiger partial charge in [0.15, 0.2) is 5.65 Å². The molecule has 7 heteroatoms. The van der Waals surface area contributed by atoms with Gasteiger partial charge in [-0.05, 0) is 30.7 Å². The lowest BCUT2D eigenvalue weighted by Crippen LogP contribution is -2.39. The van der Waals surface area contributed by atoms with Gasteiger partial charge >= 0.3 is 0 Å². The number of morpholine rings is 1. The molecule has 3 N–H and O–H groups in total. The smallest absolute Gasteiger partial charge is 0.161 e. The van der Waals surface area contributed by atoms with Crippen molar-refractivity contribution in [3.05, 3.63) is 78.4 Å². The first-order valence-corrected chi connectivity index (χ1v) is 10.6. The van der Waals surface area contributed by atoms with Crippen LogP contribution in [0.5, 0.6) is 0 Å². The van der Waals surface area contributed by atoms with Gasteiger partial charge in [-0.15, -0.1) is 0 Å². The number of nitrogens with zero attached hydrogens (tertiary/aromatic N) is 4. The molecule has 0 saturated carbocycles. The molecular weight excluding hydrogens is 388 g/mol. The van der Waals surface area contributed by atoms with Crippen molar-refractivity contribution >= 4 is 16.6 Å². The predicted octanol–water partition coefficient (Wildman–Crippen LogP) is 3.21. The number of H-pyrrole nitrogens is 1. The molecule has 3 aromatic heterocycles. The number of benzene rings is 1. The van der Waals surface area contributed by atoms with Crippen molar-refractivity contribution in [2.75, 3.05) is 26.3 Å². The highest BCUT2D eigenvalue weighted by molar-refractivity contribution is 5.94. The molecule has 6 rings (SSSR count). The minimum atomic E-state index is -0.622. The van der Waals surface area contributed by atoms with Gasteiger partial charge in [0, 0.05) is 47.0 Å². The Morgan fingerprint density at radius 2 is 2.00 bits per heavy atom. The van der Waals surface area contributed by atoms with Crippen LogP contribution in [0.25, 0.3) is 27.8 Å². The molecule has 1 aliphatic carbocycles. The molecule has 2 aliphatic rings. The minimum absolute atomic E-state index is 0.622. The fraction of sp³-hybridized carbons (Fsp3) is 0.250. The van der Waals surface area contributed by atoms with Crippen LogP contribution in [0.3, 0.4) is 0 Å². The van der Waals surface area contributed by atoms with Gasteiger partial charge in [-0.2, -0.15) is 5.10 Å². The molecule has 156 valence electrons. The van der Waals surface area contributed by atoms with Gasteiger partial charge in [0.1, 0.15) is 6.33 Å². The first-order chi connectivity index (χ1) is 15.2. The van der Waals surface area contributed by atoms with Crippen LogP contribution in [0.1, 0.15) is 12.0 Å². The third-order valence-electron chi connectivity index (χ3n) is 6.37. The molecule has 7 nitrogen and oxygen atoms in total. The number of fused-ring (bicyclic) bond motifs is 2. The SMILES string of the molecule is NC1(c2ccc(-c3cccc4[nH]ccc34)n3ncnc23)C=CC(N2CCOCC2)=CC1. The highest BCUT2D eigenvalue weighted by Gasteiger charge is 2.30. The lowest BCUT2D eigenvalue weighted by molar-refractivity contribution is 0.0550. The fourth-order valence-electron chi connectivity index (χ4n) is 4.68. The van der Waals surface area contributed by atoms with Crippen LogP contribution in [-0.4, -0.2) is 50.8 Å². The topological polar surface area (TPSA) is 84.5 Å². The zero-order valence-corrected chi connectivity index (χ0v) is 17.2. The Bertz CT molecular complexity index is 1330. The molecule has 0 radical (unpaired) electrons. The number of hydrogen-bond acceptors (Lipinski definition) is 5. The maximum absolute atomic E-state index is 6.90. The second kappa shape index (κ2) is 7.08. The molecule has 1 atom stereocenters. The number of rotatable bonds is 3. The molecule has 0 bridgehead atoms. The van der Waals surface area contributed by atoms with Gasteiger partial charge in [-0.3, -0.25) is 0 Å². The summed E-state index contributed by atoms with van der Waals surface area (Å²) in [6.07, 6.45) is 10.7. The Morgan fingerprint density at radius 1 is 1.10 bits per heavy atom. The van der Waals surface area contributed by atoms with Crippen molar-refractivity contribution in [2.24, 2.45) is 5.73 Å². The molecule has 31 heavy (non-hydrogen) atoms. The summed E-state index contributed by atoms with van der Waals surface area (Å²) >= 11 is 0. The summed E-state index contributed by atoms with van der Waals surface area (Å²) in [6, 6.07) is 12.5. The number of ether oxygens (including phenoxy) is 1. The van der Waals surface area contributed by atoms with Gasteiger partial charge in [-0.1, -0.05) is 30.4 Å². The van der Waals surface area contributed by atoms with E-state index in [0.717, 1.165) is 59.7 Å². The van der Waals surface area contributed by atoms with Crippen molar-refractivity contribution in [1.82, 2.24) is 24.5 Å². The van der Waals surface area contributed by atoms with E-state index in [1.165, 1.54) is 5.70 Å². The number of nitrogens with two attached hydrogens (primary N) is 1. The number of nitrogens with one attached hydrogen (secondary N) is 1. The standard InChI is InChI=1S/C24H24N6O/c25-24(9-6-17(7-10-24)29-12-14-31-15-13-29)20-4-5-22(30-23(20)27-16-28-30)19-2-1-3-21-18(19)8-11-26-21/h1-9,11,16,26H,10,12-15,25H2. The number of pyridine rings is 1. The van der Waals surface area contributed by atoms with Crippen LogP contribution in [0, 0.1) is 0 Å². The van der Waals surface area contributed by atoms with Crippen molar-refractivity contribution in [2.45, 2.75) is 12.0 Å². The molecule has 4 aromatic rings. The van der Waals surface area contributed by atoms with Crippen molar-refractivity contribution in [3.8, 4) is 11.3 Å². The highest BCUT2D eigenvalue weighted by Crippen LogP contribution is 2.35. The zero-order valence-electron chi connectivity index (χ0n) is 17.2. The van der Waals surface area contributed by atoms with Crippen LogP contribution in [0.2, 0.25) is 0 Å². The number of allylic oxidation sites excluding steroid dienone is 1. The maximum atomic E-state index is 6.90. The van der Waals surface area contributed by atoms with Gasteiger partial charge in [0.25, 0.3) is 0 Å². The Labute approximate surface area is 179 Å². The first kappa shape index (κ1) is 18.4. The van der Waals surface area contributed by atoms with E-state index in [0.29, 0.717) is 6.42 Å². The minimum Gasteiger partial charge on any atom is -0.378 e. The molecular formula is C24H24N6O. The lowest BCUT2D eigenvalue weighted by Gasteiger charge is -2.34. The highest BCUT2D eigenvalue weighted by atomic mass is 16.5. The van der Waals surface area contributed by atoms with Crippen LogP contribution in [-0.2, 0) is 10.3 Å². The molecule has 0 spiro atoms. The lowest BCUT2D eigenvalue weighted by atomic mass is 9.84. The summed E-state index contributed by atoms with van der Waals surface area (Å²) < 4.78 is 7.38. The third kappa shape index (κ3) is 2.97. The number of aromatic nitrogens is 4. The molecule has 1 aliphatic heterocycles. The van der Waals surface area contributed by atoms with Gasteiger partial charge in [0.05, 0.1) is 24.4 Å². The summed E-state index contributed by atoms with van der Waals surface area (Å²) in [5, 5.41) is 5.70. The van der Waals surface area contributed by atoms with Crippen molar-refractivity contribution in [3.63, 3.8) is 0 Å². The Morgan fingerprint density at radius 3 is 2.84 bits per heavy atom. The quantitative estimate of drug-likeness (QED) is 0.540. The molecule has 0 amide bonds. The predicted molar refractivity (Wildman–Crippen MR) is 120 cm³/mol. The van der Waals surface area contributed by atoms with Gasteiger partial charge < -0.3 is 20.4 Å². The monoisotopic (exact) mass is 412 g/mol. The normalized spacial score (nSPS) is 21.7. The van der Waals surface area contributed by atoms with E-state index in [-0.39, 0.29) is 0 Å². The van der Waals surface area contributed by atoms with Gasteiger partial charge in [-0.25, -0.2) is 9.50 Å². The van der Waals surface area contributed by atoms with Gasteiger partial charge in [0.2, 0.25) is 0 Å². The summed E-state index contributed by atoms with van der Waals surface area (Å²) in [5.74, 6) is 0. The van der Waals surface area contributed by atoms with Crippen molar-refractivity contribution < 1.29 is 4.74 Å². The number of hydrogen-bond donors (Lipinski definition) is 2. The van der Waals surface area contributed by atoms with E-state index in [1.54, 1.807) is 6.33 Å². The third-order valence-corrected chi connectivity index (χ3v) is 6.37. The fourth-order valence-corrected chi connectivity index (χ4v) is 4.68. The summed E-state index contributed by atoms with van der Waals surface area (Å²) in [4.78, 5) is 10.2. The Hall–Kier alpha value is -3.42. The van der Waals surface area contributed by atoms with Crippen LogP contribution < -0.4 is 5.73 Å². The summed E-state index contributed by atoms with van der Waals surface area (Å²) in [6.45, 7) is 3.38. The van der Waals surface area contributed by atoms with E-state index in [1.807, 2.05) is 10.7 Å². The van der Waals surface area contributed by atoms with E-state index in [2.05, 4.69) is 74.6 Å². The van der Waals surface area contributed by atoms with E-state index in [4.69, 9.17) is 10.5 Å². The first-order valence-electron chi connectivity index (χ1n) is 10.6. The molecule has 1 unspecified atom stereocenters. The van der Waals surface area contributed by atoms with Crippen LogP contribution in [0.4, 0.5) is 0 Å². The second-order valence-corrected chi connectivity index (χ2v) is 8.18. The van der Waals surface area contributed by atoms with Crippen LogP contribution >= 0.6 is 0 Å². The van der Waals surface area contributed by atoms with Crippen LogP contribution in [0.15, 0.2) is 72.8 Å².